The van der Waals surface area contributed by atoms with E-state index in [1.54, 1.807) is 18.3 Å². The highest BCUT2D eigenvalue weighted by atomic mass is 32.2. The Labute approximate surface area is 165 Å². The Morgan fingerprint density at radius 1 is 1.21 bits per heavy atom. The van der Waals surface area contributed by atoms with Gasteiger partial charge in [-0.3, -0.25) is 9.29 Å². The van der Waals surface area contributed by atoms with Gasteiger partial charge in [0.25, 0.3) is 10.0 Å². The Balaban J connectivity index is 1.69. The van der Waals surface area contributed by atoms with Gasteiger partial charge < -0.3 is 4.90 Å². The SMILES string of the molecule is CN(C)C1CC=C(C2CN(S(=O)(=O)c3cccc(F)c3)c3cccnc32)CC1. The molecule has 0 amide bonds. The second-order valence-electron chi connectivity index (χ2n) is 7.62. The molecule has 1 aromatic carbocycles. The number of halogens is 1. The minimum absolute atomic E-state index is 0.0340. The molecule has 1 aliphatic heterocycles. The topological polar surface area (TPSA) is 53.5 Å². The fraction of sp³-hybridized carbons (Fsp3) is 0.381. The fourth-order valence-electron chi connectivity index (χ4n) is 4.14. The van der Waals surface area contributed by atoms with Gasteiger partial charge >= 0.3 is 0 Å². The Kier molecular flexibility index (Phi) is 4.97. The Morgan fingerprint density at radius 2 is 2.04 bits per heavy atom. The van der Waals surface area contributed by atoms with Gasteiger partial charge in [0.15, 0.2) is 0 Å². The first-order chi connectivity index (χ1) is 13.4. The van der Waals surface area contributed by atoms with Gasteiger partial charge in [0.05, 0.1) is 16.3 Å². The highest BCUT2D eigenvalue weighted by Crippen LogP contribution is 2.44. The predicted molar refractivity (Wildman–Crippen MR) is 107 cm³/mol. The zero-order valence-electron chi connectivity index (χ0n) is 16.0. The Hall–Kier alpha value is -2.25. The van der Waals surface area contributed by atoms with Gasteiger partial charge in [-0.15, -0.1) is 0 Å². The number of aromatic nitrogens is 1. The summed E-state index contributed by atoms with van der Waals surface area (Å²) in [6, 6.07) is 9.21. The van der Waals surface area contributed by atoms with E-state index in [0.29, 0.717) is 18.3 Å². The summed E-state index contributed by atoms with van der Waals surface area (Å²) in [6.45, 7) is 0.309. The maximum atomic E-state index is 13.6. The summed E-state index contributed by atoms with van der Waals surface area (Å²) in [7, 11) is 0.321. The van der Waals surface area contributed by atoms with Crippen LogP contribution in [0.15, 0.2) is 59.1 Å². The predicted octanol–water partition coefficient (Wildman–Crippen LogP) is 3.55. The van der Waals surface area contributed by atoms with Crippen LogP contribution in [-0.4, -0.2) is 45.0 Å². The molecule has 0 saturated heterocycles. The normalized spacial score (nSPS) is 22.3. The van der Waals surface area contributed by atoms with Crippen molar-refractivity contribution in [1.29, 1.82) is 0 Å². The molecule has 4 rings (SSSR count). The molecular weight excluding hydrogens is 377 g/mol. The molecule has 0 N–H and O–H groups in total. The summed E-state index contributed by atoms with van der Waals surface area (Å²) in [4.78, 5) is 6.71. The Bertz CT molecular complexity index is 1020. The molecule has 0 fully saturated rings. The van der Waals surface area contributed by atoms with Gasteiger partial charge in [-0.05, 0) is 63.7 Å². The van der Waals surface area contributed by atoms with Gasteiger partial charge in [-0.1, -0.05) is 17.7 Å². The molecule has 5 nitrogen and oxygen atoms in total. The lowest BCUT2D eigenvalue weighted by Crippen LogP contribution is -2.32. The quantitative estimate of drug-likeness (QED) is 0.735. The first-order valence-corrected chi connectivity index (χ1v) is 10.9. The maximum Gasteiger partial charge on any atom is 0.264 e. The zero-order chi connectivity index (χ0) is 19.9. The van der Waals surface area contributed by atoms with Crippen LogP contribution in [0.3, 0.4) is 0 Å². The van der Waals surface area contributed by atoms with Crippen molar-refractivity contribution in [2.45, 2.75) is 36.1 Å². The van der Waals surface area contributed by atoms with Crippen molar-refractivity contribution >= 4 is 15.7 Å². The van der Waals surface area contributed by atoms with E-state index in [0.717, 1.165) is 31.0 Å². The molecule has 28 heavy (non-hydrogen) atoms. The maximum absolute atomic E-state index is 13.6. The van der Waals surface area contributed by atoms with Crippen molar-refractivity contribution in [3.8, 4) is 0 Å². The third kappa shape index (κ3) is 3.33. The second kappa shape index (κ2) is 7.29. The van der Waals surface area contributed by atoms with Gasteiger partial charge in [0.2, 0.25) is 0 Å². The van der Waals surface area contributed by atoms with Crippen molar-refractivity contribution in [1.82, 2.24) is 9.88 Å². The smallest absolute Gasteiger partial charge is 0.264 e. The van der Waals surface area contributed by atoms with E-state index in [4.69, 9.17) is 0 Å². The first kappa shape index (κ1) is 19.1. The third-order valence-electron chi connectivity index (χ3n) is 5.74. The number of sulfonamides is 1. The van der Waals surface area contributed by atoms with E-state index in [9.17, 15) is 12.8 Å². The number of fused-ring (bicyclic) bond motifs is 1. The van der Waals surface area contributed by atoms with Crippen LogP contribution in [0, 0.1) is 5.82 Å². The second-order valence-corrected chi connectivity index (χ2v) is 9.49. The average molecular weight is 402 g/mol. The lowest BCUT2D eigenvalue weighted by atomic mass is 9.85. The van der Waals surface area contributed by atoms with Crippen molar-refractivity contribution < 1.29 is 12.8 Å². The van der Waals surface area contributed by atoms with Crippen LogP contribution in [0.4, 0.5) is 10.1 Å². The highest BCUT2D eigenvalue weighted by Gasteiger charge is 2.39. The monoisotopic (exact) mass is 401 g/mol. The summed E-state index contributed by atoms with van der Waals surface area (Å²) >= 11 is 0. The number of hydrogen-bond acceptors (Lipinski definition) is 4. The van der Waals surface area contributed by atoms with E-state index in [2.05, 4.69) is 30.1 Å². The highest BCUT2D eigenvalue weighted by molar-refractivity contribution is 7.92. The molecule has 2 unspecified atom stereocenters. The van der Waals surface area contributed by atoms with Crippen LogP contribution in [0.2, 0.25) is 0 Å². The van der Waals surface area contributed by atoms with Crippen molar-refractivity contribution in [3.63, 3.8) is 0 Å². The minimum Gasteiger partial charge on any atom is -0.306 e. The number of hydrogen-bond donors (Lipinski definition) is 0. The van der Waals surface area contributed by atoms with Gasteiger partial charge in [-0.2, -0.15) is 0 Å². The van der Waals surface area contributed by atoms with E-state index in [-0.39, 0.29) is 10.8 Å². The van der Waals surface area contributed by atoms with Crippen molar-refractivity contribution in [2.75, 3.05) is 24.9 Å². The molecule has 0 saturated carbocycles. The van der Waals surface area contributed by atoms with Gasteiger partial charge in [0, 0.05) is 24.7 Å². The van der Waals surface area contributed by atoms with Gasteiger partial charge in [0.1, 0.15) is 5.82 Å². The summed E-state index contributed by atoms with van der Waals surface area (Å²) in [5.41, 5.74) is 2.62. The van der Waals surface area contributed by atoms with E-state index >= 15 is 0 Å². The van der Waals surface area contributed by atoms with Crippen LogP contribution in [-0.2, 0) is 10.0 Å². The lowest BCUT2D eigenvalue weighted by molar-refractivity contribution is 0.271. The molecule has 1 aliphatic carbocycles. The van der Waals surface area contributed by atoms with E-state index < -0.39 is 15.8 Å². The fourth-order valence-corrected chi connectivity index (χ4v) is 5.67. The van der Waals surface area contributed by atoms with Crippen LogP contribution in [0.5, 0.6) is 0 Å². The number of pyridine rings is 1. The number of nitrogens with zero attached hydrogens (tertiary/aromatic N) is 3. The van der Waals surface area contributed by atoms with E-state index in [1.807, 2.05) is 0 Å². The molecule has 1 aromatic heterocycles. The lowest BCUT2D eigenvalue weighted by Gasteiger charge is -2.29. The van der Waals surface area contributed by atoms with Gasteiger partial charge in [-0.25, -0.2) is 12.8 Å². The Morgan fingerprint density at radius 3 is 2.71 bits per heavy atom. The molecule has 148 valence electrons. The van der Waals surface area contributed by atoms with E-state index in [1.165, 1.54) is 28.1 Å². The summed E-state index contributed by atoms with van der Waals surface area (Å²) < 4.78 is 41.5. The molecule has 2 heterocycles. The molecule has 2 aromatic rings. The molecule has 0 radical (unpaired) electrons. The minimum atomic E-state index is -3.85. The molecule has 2 atom stereocenters. The number of rotatable bonds is 4. The van der Waals surface area contributed by atoms with Crippen LogP contribution >= 0.6 is 0 Å². The summed E-state index contributed by atoms with van der Waals surface area (Å²) in [5.74, 6) is -0.615. The van der Waals surface area contributed by atoms with Crippen LogP contribution in [0.25, 0.3) is 0 Å². The molecule has 0 bridgehead atoms. The van der Waals surface area contributed by atoms with Crippen LogP contribution in [0.1, 0.15) is 30.9 Å². The third-order valence-corrected chi connectivity index (χ3v) is 7.52. The first-order valence-electron chi connectivity index (χ1n) is 9.46. The zero-order valence-corrected chi connectivity index (χ0v) is 16.9. The molecule has 0 spiro atoms. The molecule has 7 heteroatoms. The average Bonchev–Trinajstić information content (AvgIpc) is 3.08. The molecule has 2 aliphatic rings. The van der Waals surface area contributed by atoms with Crippen molar-refractivity contribution in [3.05, 3.63) is 65.8 Å². The molecular formula is C21H24FN3O2S. The summed E-state index contributed by atoms with van der Waals surface area (Å²) in [5, 5.41) is 0. The number of anilines is 1. The standard InChI is InChI=1S/C21H24FN3O2S/c1-24(2)17-10-8-15(9-11-17)19-14-25(20-7-4-12-23-21(19)20)28(26,27)18-6-3-5-16(22)13-18/h3-8,12-13,17,19H,9-11,14H2,1-2H3. The largest absolute Gasteiger partial charge is 0.306 e. The van der Waals surface area contributed by atoms with Crippen LogP contribution < -0.4 is 4.31 Å². The van der Waals surface area contributed by atoms with Crippen molar-refractivity contribution in [2.24, 2.45) is 0 Å². The summed E-state index contributed by atoms with van der Waals surface area (Å²) in [6.07, 6.45) is 6.88. The number of benzene rings is 1.